The second kappa shape index (κ2) is 10.7. The zero-order valence-electron chi connectivity index (χ0n) is 18.1. The van der Waals surface area contributed by atoms with E-state index in [2.05, 4.69) is 17.4 Å². The van der Waals surface area contributed by atoms with Crippen LogP contribution >= 0.6 is 0 Å². The highest BCUT2D eigenvalue weighted by Crippen LogP contribution is 2.26. The molecule has 30 heavy (non-hydrogen) atoms. The van der Waals surface area contributed by atoms with Gasteiger partial charge in [0.15, 0.2) is 6.10 Å². The van der Waals surface area contributed by atoms with Gasteiger partial charge < -0.3 is 14.8 Å². The van der Waals surface area contributed by atoms with Crippen molar-refractivity contribution in [3.63, 3.8) is 0 Å². The van der Waals surface area contributed by atoms with Gasteiger partial charge in [-0.05, 0) is 62.3 Å². The Labute approximate surface area is 179 Å². The molecular weight excluding hydrogens is 374 g/mol. The van der Waals surface area contributed by atoms with Gasteiger partial charge in [-0.15, -0.1) is 0 Å². The summed E-state index contributed by atoms with van der Waals surface area (Å²) in [5.41, 5.74) is 1.24. The Hall–Kier alpha value is -3.01. The fraction of sp³-hybridized carbons (Fsp3) is 0.346. The van der Waals surface area contributed by atoms with Gasteiger partial charge in [-0.2, -0.15) is 0 Å². The molecule has 1 N–H and O–H groups in total. The van der Waals surface area contributed by atoms with Crippen molar-refractivity contribution in [3.8, 4) is 11.5 Å². The zero-order valence-corrected chi connectivity index (χ0v) is 18.1. The van der Waals surface area contributed by atoms with Gasteiger partial charge in [0.2, 0.25) is 0 Å². The third-order valence-corrected chi connectivity index (χ3v) is 4.92. The predicted molar refractivity (Wildman–Crippen MR) is 122 cm³/mol. The van der Waals surface area contributed by atoms with Crippen molar-refractivity contribution in [2.75, 3.05) is 6.54 Å². The highest BCUT2D eigenvalue weighted by atomic mass is 16.5. The van der Waals surface area contributed by atoms with Gasteiger partial charge in [-0.3, -0.25) is 4.79 Å². The second-order valence-corrected chi connectivity index (χ2v) is 7.70. The van der Waals surface area contributed by atoms with Gasteiger partial charge >= 0.3 is 0 Å². The number of nitrogens with one attached hydrogen (secondary N) is 1. The quantitative estimate of drug-likeness (QED) is 0.451. The van der Waals surface area contributed by atoms with Crippen molar-refractivity contribution < 1.29 is 14.3 Å². The van der Waals surface area contributed by atoms with Crippen LogP contribution in [0.15, 0.2) is 66.7 Å². The topological polar surface area (TPSA) is 47.6 Å². The Kier molecular flexibility index (Phi) is 7.72. The molecule has 0 unspecified atom stereocenters. The smallest absolute Gasteiger partial charge is 0.261 e. The second-order valence-electron chi connectivity index (χ2n) is 7.70. The van der Waals surface area contributed by atoms with Crippen molar-refractivity contribution in [2.45, 2.75) is 52.2 Å². The minimum atomic E-state index is -0.497. The largest absolute Gasteiger partial charge is 0.491 e. The fourth-order valence-electron chi connectivity index (χ4n) is 3.40. The number of carbonyl (C=O) groups excluding carboxylic acids is 1. The van der Waals surface area contributed by atoms with Crippen LogP contribution in [-0.4, -0.2) is 24.7 Å². The van der Waals surface area contributed by atoms with E-state index in [4.69, 9.17) is 9.47 Å². The van der Waals surface area contributed by atoms with Crippen molar-refractivity contribution >= 4 is 16.7 Å². The van der Waals surface area contributed by atoms with E-state index in [9.17, 15) is 4.79 Å². The van der Waals surface area contributed by atoms with Crippen LogP contribution < -0.4 is 14.8 Å². The van der Waals surface area contributed by atoms with E-state index in [1.807, 2.05) is 75.4 Å². The first-order valence-corrected chi connectivity index (χ1v) is 10.7. The lowest BCUT2D eigenvalue weighted by atomic mass is 10.1. The van der Waals surface area contributed by atoms with Crippen LogP contribution in [0, 0.1) is 0 Å². The van der Waals surface area contributed by atoms with Crippen LogP contribution in [0.4, 0.5) is 0 Å². The summed E-state index contributed by atoms with van der Waals surface area (Å²) < 4.78 is 11.7. The number of amides is 1. The highest BCUT2D eigenvalue weighted by molar-refractivity contribution is 5.89. The van der Waals surface area contributed by atoms with Gasteiger partial charge in [-0.1, -0.05) is 55.5 Å². The molecule has 1 amide bonds. The molecule has 4 nitrogen and oxygen atoms in total. The first-order chi connectivity index (χ1) is 14.6. The molecule has 0 aliphatic carbocycles. The van der Waals surface area contributed by atoms with E-state index in [-0.39, 0.29) is 12.0 Å². The third kappa shape index (κ3) is 5.99. The lowest BCUT2D eigenvalue weighted by Gasteiger charge is -2.18. The summed E-state index contributed by atoms with van der Waals surface area (Å²) in [5.74, 6) is 1.57. The van der Waals surface area contributed by atoms with E-state index in [0.717, 1.165) is 35.1 Å². The summed E-state index contributed by atoms with van der Waals surface area (Å²) in [6.07, 6.45) is 2.08. The summed E-state index contributed by atoms with van der Waals surface area (Å²) in [6.45, 7) is 6.63. The third-order valence-electron chi connectivity index (χ3n) is 4.92. The van der Waals surface area contributed by atoms with Gasteiger partial charge in [0.1, 0.15) is 11.5 Å². The maximum absolute atomic E-state index is 12.6. The van der Waals surface area contributed by atoms with Crippen LogP contribution in [0.5, 0.6) is 11.5 Å². The molecule has 3 rings (SSSR count). The molecular formula is C26H31NO3. The van der Waals surface area contributed by atoms with E-state index in [1.165, 1.54) is 5.56 Å². The number of hydrogen-bond donors (Lipinski definition) is 1. The average Bonchev–Trinajstić information content (AvgIpc) is 2.75. The molecule has 3 aromatic rings. The summed E-state index contributed by atoms with van der Waals surface area (Å²) in [4.78, 5) is 12.6. The Morgan fingerprint density at radius 2 is 1.67 bits per heavy atom. The summed E-state index contributed by atoms with van der Waals surface area (Å²) in [6, 6.07) is 22.1. The number of hydrogen-bond acceptors (Lipinski definition) is 3. The molecule has 0 saturated heterocycles. The summed E-state index contributed by atoms with van der Waals surface area (Å²) >= 11 is 0. The molecule has 0 saturated carbocycles. The lowest BCUT2D eigenvalue weighted by molar-refractivity contribution is -0.128. The fourth-order valence-corrected chi connectivity index (χ4v) is 3.40. The number of fused-ring (bicyclic) bond motifs is 1. The zero-order chi connectivity index (χ0) is 21.3. The number of carbonyl (C=O) groups is 1. The molecule has 0 aliphatic heterocycles. The van der Waals surface area contributed by atoms with E-state index < -0.39 is 6.10 Å². The normalized spacial score (nSPS) is 12.0. The van der Waals surface area contributed by atoms with Crippen LogP contribution in [0.1, 0.15) is 39.2 Å². The van der Waals surface area contributed by atoms with Crippen LogP contribution in [0.2, 0.25) is 0 Å². The average molecular weight is 406 g/mol. The number of benzene rings is 3. The SMILES string of the molecule is CC[C@@H](Oc1cccc2ccccc12)C(=O)NCCCc1ccc(OC(C)C)cc1. The monoisotopic (exact) mass is 405 g/mol. The van der Waals surface area contributed by atoms with E-state index in [1.54, 1.807) is 0 Å². The minimum absolute atomic E-state index is 0.0638. The van der Waals surface area contributed by atoms with Crippen LogP contribution in [0.25, 0.3) is 10.8 Å². The van der Waals surface area contributed by atoms with Crippen LogP contribution in [-0.2, 0) is 11.2 Å². The Bertz CT molecular complexity index is 945. The standard InChI is InChI=1S/C26H31NO3/c1-4-24(30-25-13-7-11-21-10-5-6-12-23(21)25)26(28)27-18-8-9-20-14-16-22(17-15-20)29-19(2)3/h5-7,10-17,19,24H,4,8-9,18H2,1-3H3,(H,27,28)/t24-/m1/s1. The molecule has 158 valence electrons. The number of rotatable bonds is 10. The van der Waals surface area contributed by atoms with E-state index in [0.29, 0.717) is 13.0 Å². The minimum Gasteiger partial charge on any atom is -0.491 e. The first kappa shape index (κ1) is 21.7. The molecule has 0 fully saturated rings. The molecule has 0 radical (unpaired) electrons. The molecule has 0 spiro atoms. The Morgan fingerprint density at radius 1 is 0.933 bits per heavy atom. The molecule has 0 bridgehead atoms. The van der Waals surface area contributed by atoms with Crippen molar-refractivity contribution in [1.29, 1.82) is 0 Å². The number of ether oxygens (including phenoxy) is 2. The van der Waals surface area contributed by atoms with Crippen molar-refractivity contribution in [3.05, 3.63) is 72.3 Å². The van der Waals surface area contributed by atoms with Gasteiger partial charge in [0.25, 0.3) is 5.91 Å². The summed E-state index contributed by atoms with van der Waals surface area (Å²) in [7, 11) is 0. The van der Waals surface area contributed by atoms with E-state index >= 15 is 0 Å². The molecule has 0 aromatic heterocycles. The number of aryl methyl sites for hydroxylation is 1. The maximum Gasteiger partial charge on any atom is 0.261 e. The lowest BCUT2D eigenvalue weighted by Crippen LogP contribution is -2.38. The van der Waals surface area contributed by atoms with Gasteiger partial charge in [0, 0.05) is 11.9 Å². The van der Waals surface area contributed by atoms with Crippen LogP contribution in [0.3, 0.4) is 0 Å². The maximum atomic E-state index is 12.6. The predicted octanol–water partition coefficient (Wildman–Crippen LogP) is 5.53. The Morgan fingerprint density at radius 3 is 2.40 bits per heavy atom. The first-order valence-electron chi connectivity index (χ1n) is 10.7. The van der Waals surface area contributed by atoms with Gasteiger partial charge in [-0.25, -0.2) is 0 Å². The van der Waals surface area contributed by atoms with Gasteiger partial charge in [0.05, 0.1) is 6.10 Å². The Balaban J connectivity index is 1.48. The summed E-state index contributed by atoms with van der Waals surface area (Å²) in [5, 5.41) is 5.15. The highest BCUT2D eigenvalue weighted by Gasteiger charge is 2.18. The molecule has 3 aromatic carbocycles. The van der Waals surface area contributed by atoms with Crippen molar-refractivity contribution in [2.24, 2.45) is 0 Å². The molecule has 4 heteroatoms. The molecule has 0 heterocycles. The molecule has 1 atom stereocenters. The van der Waals surface area contributed by atoms with Crippen molar-refractivity contribution in [1.82, 2.24) is 5.32 Å². The molecule has 0 aliphatic rings.